The third kappa shape index (κ3) is 14.2. The number of aromatic nitrogens is 2. The van der Waals surface area contributed by atoms with Gasteiger partial charge in [0.25, 0.3) is 0 Å². The van der Waals surface area contributed by atoms with Crippen molar-refractivity contribution in [2.45, 2.75) is 78.4 Å². The first-order valence-corrected chi connectivity index (χ1v) is 26.1. The van der Waals surface area contributed by atoms with Crippen molar-refractivity contribution >= 4 is 47.6 Å². The fourth-order valence-corrected chi connectivity index (χ4v) is 10.4. The van der Waals surface area contributed by atoms with E-state index in [1.165, 1.54) is 20.4 Å². The molecule has 6 aromatic rings. The van der Waals surface area contributed by atoms with Crippen LogP contribution in [0.2, 0.25) is 10.0 Å². The molecule has 0 bridgehead atoms. The summed E-state index contributed by atoms with van der Waals surface area (Å²) in [4.78, 5) is 41.4. The number of ether oxygens (including phenoxy) is 6. The third-order valence-corrected chi connectivity index (χ3v) is 14.8. The number of carbonyl (C=O) groups is 2. The Labute approximate surface area is 459 Å². The van der Waals surface area contributed by atoms with Gasteiger partial charge in [0.05, 0.1) is 48.3 Å². The van der Waals surface area contributed by atoms with Crippen LogP contribution in [0.4, 0.5) is 0 Å². The van der Waals surface area contributed by atoms with Gasteiger partial charge in [-0.05, 0) is 97.4 Å². The predicted octanol–water partition coefficient (Wildman–Crippen LogP) is 9.14. The lowest BCUT2D eigenvalue weighted by atomic mass is 9.92. The summed E-state index contributed by atoms with van der Waals surface area (Å²) in [6.45, 7) is 7.43. The van der Waals surface area contributed by atoms with Gasteiger partial charge in [-0.15, -0.1) is 0 Å². The number of aliphatic hydroxyl groups is 2. The van der Waals surface area contributed by atoms with E-state index in [2.05, 4.69) is 50.7 Å². The number of pyridine rings is 2. The molecule has 0 spiro atoms. The van der Waals surface area contributed by atoms with Crippen molar-refractivity contribution in [1.29, 1.82) is 5.41 Å². The number of benzene rings is 4. The minimum Gasteiger partial charge on any atom is -0.488 e. The van der Waals surface area contributed by atoms with Gasteiger partial charge in [0.15, 0.2) is 0 Å². The molecule has 0 radical (unpaired) electrons. The molecule has 4 atom stereocenters. The van der Waals surface area contributed by atoms with Crippen LogP contribution in [-0.2, 0) is 58.6 Å². The molecule has 4 heterocycles. The molecule has 77 heavy (non-hydrogen) atoms. The summed E-state index contributed by atoms with van der Waals surface area (Å²) in [7, 11) is 4.37. The maximum absolute atomic E-state index is 12.3. The maximum Gasteiger partial charge on any atom is 0.311 e. The number of carbonyl (C=O) groups excluding carboxylic acids is 2. The average molecular weight is 1090 g/mol. The van der Waals surface area contributed by atoms with Crippen molar-refractivity contribution in [3.8, 4) is 34.1 Å². The molecule has 18 heteroatoms. The monoisotopic (exact) mass is 1090 g/mol. The van der Waals surface area contributed by atoms with Crippen molar-refractivity contribution in [2.75, 3.05) is 47.4 Å². The summed E-state index contributed by atoms with van der Waals surface area (Å²) in [5.41, 5.74) is 10.7. The largest absolute Gasteiger partial charge is 0.488 e. The fourth-order valence-electron chi connectivity index (χ4n) is 9.87. The van der Waals surface area contributed by atoms with Crippen LogP contribution in [0, 0.1) is 31.1 Å². The molecular weight excluding hydrogens is 1020 g/mol. The van der Waals surface area contributed by atoms with E-state index in [4.69, 9.17) is 57.0 Å². The highest BCUT2D eigenvalue weighted by Crippen LogP contribution is 2.39. The van der Waals surface area contributed by atoms with E-state index >= 15 is 0 Å². The number of hydrogen-bond donors (Lipinski definition) is 3. The predicted molar refractivity (Wildman–Crippen MR) is 294 cm³/mol. The molecule has 16 nitrogen and oxygen atoms in total. The first-order chi connectivity index (χ1) is 37.2. The van der Waals surface area contributed by atoms with Gasteiger partial charge in [-0.25, -0.2) is 0 Å². The van der Waals surface area contributed by atoms with Crippen molar-refractivity contribution in [1.82, 2.24) is 19.8 Å². The fraction of sp³-hybridized carbons (Fsp3) is 0.356. The number of aliphatic imine (C=N–C) groups is 1. The van der Waals surface area contributed by atoms with Crippen LogP contribution in [0.1, 0.15) is 68.5 Å². The van der Waals surface area contributed by atoms with Crippen LogP contribution in [-0.4, -0.2) is 114 Å². The number of methoxy groups -OCH3 is 2. The summed E-state index contributed by atoms with van der Waals surface area (Å²) >= 11 is 14.0. The van der Waals surface area contributed by atoms with E-state index in [0.717, 1.165) is 61.2 Å². The van der Waals surface area contributed by atoms with Crippen LogP contribution in [0.25, 0.3) is 11.1 Å². The minimum absolute atomic E-state index is 0.173. The van der Waals surface area contributed by atoms with Crippen LogP contribution in [0.15, 0.2) is 103 Å². The first kappa shape index (κ1) is 56.3. The molecule has 2 fully saturated rings. The number of esters is 2. The Morgan fingerprint density at radius 3 is 1.51 bits per heavy atom. The van der Waals surface area contributed by atoms with Crippen LogP contribution < -0.4 is 18.9 Å². The Bertz CT molecular complexity index is 3100. The number of rotatable bonds is 21. The third-order valence-electron chi connectivity index (χ3n) is 14.2. The number of halogens is 2. The standard InChI is InChI=1S/C59H64Cl2N6O10/c1-36-42(34-76-56-20-54(74-32-40-16-38(22-62)24-64-26-40)44(18-50(56)60)28-66-14-12-48(52(68)30-66)58(70)72-4)8-6-10-46(36)47-11-7-9-43(37(47)2)35-77-57-21-55(75-33-41-17-39(23-63-3)25-65-27-41)45(19-51(57)61)29-67-15-13-49(53(69)31-67)59(71)73-5/h6-11,16-27,48-49,52-53,62,68-69H,12-15,28-35H2,1-5H3. The van der Waals surface area contributed by atoms with Gasteiger partial charge < -0.3 is 44.0 Å². The van der Waals surface area contributed by atoms with E-state index in [-0.39, 0.29) is 39.5 Å². The molecule has 0 saturated carbocycles. The number of aliphatic hydroxyl groups excluding tert-OH is 2. The highest BCUT2D eigenvalue weighted by Gasteiger charge is 2.35. The number of nitrogens with one attached hydrogen (secondary N) is 1. The second-order valence-corrected chi connectivity index (χ2v) is 20.2. The zero-order valence-corrected chi connectivity index (χ0v) is 45.4. The van der Waals surface area contributed by atoms with Crippen molar-refractivity contribution in [3.05, 3.63) is 163 Å². The van der Waals surface area contributed by atoms with Crippen LogP contribution >= 0.6 is 23.2 Å². The van der Waals surface area contributed by atoms with Crippen molar-refractivity contribution in [2.24, 2.45) is 16.8 Å². The van der Waals surface area contributed by atoms with Crippen LogP contribution in [0.5, 0.6) is 23.0 Å². The SMILES string of the molecule is CN=Cc1cncc(COc2cc(OCc3cccc(-c4cccc(COc5cc(OCc6cncc(C=N)c6)c(CN6CCC(C(=O)OC)C(O)C6)cc5Cl)c4C)c3C)c(Cl)cc2CN2CCC(C(=O)OC)C(O)C2)c1. The van der Waals surface area contributed by atoms with Gasteiger partial charge in [0.1, 0.15) is 49.4 Å². The molecule has 0 aliphatic carbocycles. The number of nitrogens with zero attached hydrogens (tertiary/aromatic N) is 5. The molecule has 404 valence electrons. The van der Waals surface area contributed by atoms with E-state index in [1.807, 2.05) is 48.5 Å². The lowest BCUT2D eigenvalue weighted by molar-refractivity contribution is -0.153. The quantitative estimate of drug-likeness (QED) is 0.0455. The Morgan fingerprint density at radius 1 is 0.636 bits per heavy atom. The highest BCUT2D eigenvalue weighted by atomic mass is 35.5. The number of likely N-dealkylation sites (tertiary alicyclic amines) is 2. The van der Waals surface area contributed by atoms with E-state index in [0.29, 0.717) is 77.6 Å². The van der Waals surface area contributed by atoms with Crippen molar-refractivity contribution < 1.29 is 48.2 Å². The highest BCUT2D eigenvalue weighted by molar-refractivity contribution is 6.32. The van der Waals surface area contributed by atoms with Gasteiger partial charge in [-0.1, -0.05) is 59.6 Å². The Hall–Kier alpha value is -6.92. The summed E-state index contributed by atoms with van der Waals surface area (Å²) in [6, 6.07) is 23.3. The van der Waals surface area contributed by atoms with E-state index < -0.39 is 36.0 Å². The molecule has 8 rings (SSSR count). The van der Waals surface area contributed by atoms with Gasteiger partial charge in [-0.3, -0.25) is 34.3 Å². The molecule has 2 aliphatic rings. The normalized spacial score (nSPS) is 17.9. The summed E-state index contributed by atoms with van der Waals surface area (Å²) < 4.78 is 35.7. The minimum atomic E-state index is -0.884. The zero-order chi connectivity index (χ0) is 54.6. The first-order valence-electron chi connectivity index (χ1n) is 25.4. The lowest BCUT2D eigenvalue weighted by Gasteiger charge is -2.34. The van der Waals surface area contributed by atoms with E-state index in [1.54, 1.807) is 50.2 Å². The second-order valence-electron chi connectivity index (χ2n) is 19.3. The lowest BCUT2D eigenvalue weighted by Crippen LogP contribution is -2.46. The van der Waals surface area contributed by atoms with E-state index in [9.17, 15) is 19.8 Å². The summed E-state index contributed by atoms with van der Waals surface area (Å²) in [6.07, 6.45) is 8.87. The van der Waals surface area contributed by atoms with Gasteiger partial charge in [0.2, 0.25) is 0 Å². The number of hydrogen-bond acceptors (Lipinski definition) is 16. The summed E-state index contributed by atoms with van der Waals surface area (Å²) in [5.74, 6) is -0.0528. The average Bonchev–Trinajstić information content (AvgIpc) is 3.43. The Morgan fingerprint density at radius 2 is 1.08 bits per heavy atom. The Balaban J connectivity index is 0.988. The van der Waals surface area contributed by atoms with Gasteiger partial charge >= 0.3 is 11.9 Å². The molecule has 2 aliphatic heterocycles. The molecule has 4 unspecified atom stereocenters. The maximum atomic E-state index is 12.3. The molecule has 4 aromatic carbocycles. The summed E-state index contributed by atoms with van der Waals surface area (Å²) in [5, 5.41) is 30.2. The number of piperidine rings is 2. The van der Waals surface area contributed by atoms with Crippen molar-refractivity contribution in [3.63, 3.8) is 0 Å². The van der Waals surface area contributed by atoms with Crippen LogP contribution in [0.3, 0.4) is 0 Å². The zero-order valence-electron chi connectivity index (χ0n) is 43.8. The van der Waals surface area contributed by atoms with Gasteiger partial charge in [-0.2, -0.15) is 0 Å². The molecule has 0 amide bonds. The number of β-amino-alcohol motifs (C(OH)–C–C–N with tert-alkyl or cyclic N) is 2. The molecule has 3 N–H and O–H groups in total. The molecule has 2 aromatic heterocycles. The molecule has 2 saturated heterocycles. The van der Waals surface area contributed by atoms with Gasteiger partial charge in [0, 0.05) is 116 Å². The molecular formula is C59H64Cl2N6O10. The smallest absolute Gasteiger partial charge is 0.311 e. The second kappa shape index (κ2) is 26.4. The topological polar surface area (TPSA) is 198 Å². The Kier molecular flexibility index (Phi) is 19.3.